The summed E-state index contributed by atoms with van der Waals surface area (Å²) < 4.78 is 0. The molecule has 19 heavy (non-hydrogen) atoms. The smallest absolute Gasteiger partial charge is 0.277 e. The fourth-order valence-electron chi connectivity index (χ4n) is 2.38. The number of fused-ring (bicyclic) bond motifs is 1. The quantitative estimate of drug-likeness (QED) is 0.861. The average molecular weight is 250 g/mol. The standard InChI is InChI=1S/C16H14N2O/c17-15-13-9-5-6-10-14(13)18(16(15)19)11-12-7-3-1-2-4-8-12/h1-7,9-10,17H,8,11H2. The molecule has 0 fully saturated rings. The van der Waals surface area contributed by atoms with E-state index in [1.807, 2.05) is 48.6 Å². The van der Waals surface area contributed by atoms with Gasteiger partial charge in [-0.2, -0.15) is 0 Å². The number of nitrogens with one attached hydrogen (secondary N) is 1. The Morgan fingerprint density at radius 2 is 2.00 bits per heavy atom. The van der Waals surface area contributed by atoms with Gasteiger partial charge in [0.1, 0.15) is 5.71 Å². The predicted molar refractivity (Wildman–Crippen MR) is 76.6 cm³/mol. The van der Waals surface area contributed by atoms with Gasteiger partial charge in [-0.15, -0.1) is 0 Å². The maximum Gasteiger partial charge on any atom is 0.277 e. The summed E-state index contributed by atoms with van der Waals surface area (Å²) in [7, 11) is 0. The lowest BCUT2D eigenvalue weighted by atomic mass is 10.1. The van der Waals surface area contributed by atoms with Gasteiger partial charge in [0.05, 0.1) is 5.69 Å². The van der Waals surface area contributed by atoms with Crippen molar-refractivity contribution in [2.45, 2.75) is 6.42 Å². The highest BCUT2D eigenvalue weighted by atomic mass is 16.2. The van der Waals surface area contributed by atoms with E-state index in [0.29, 0.717) is 6.54 Å². The van der Waals surface area contributed by atoms with Gasteiger partial charge in [-0.1, -0.05) is 48.6 Å². The van der Waals surface area contributed by atoms with E-state index in [1.54, 1.807) is 4.90 Å². The topological polar surface area (TPSA) is 44.2 Å². The molecule has 0 saturated carbocycles. The molecule has 0 unspecified atom stereocenters. The molecule has 3 heteroatoms. The van der Waals surface area contributed by atoms with Gasteiger partial charge in [0, 0.05) is 12.1 Å². The Balaban J connectivity index is 1.91. The van der Waals surface area contributed by atoms with Crippen LogP contribution in [0.4, 0.5) is 5.69 Å². The van der Waals surface area contributed by atoms with Gasteiger partial charge in [0.15, 0.2) is 0 Å². The van der Waals surface area contributed by atoms with Gasteiger partial charge in [-0.05, 0) is 18.1 Å². The molecule has 0 aromatic heterocycles. The molecule has 1 aromatic carbocycles. The van der Waals surface area contributed by atoms with Crippen LogP contribution in [-0.4, -0.2) is 18.2 Å². The van der Waals surface area contributed by atoms with Crippen LogP contribution >= 0.6 is 0 Å². The predicted octanol–water partition coefficient (Wildman–Crippen LogP) is 2.84. The molecule has 1 N–H and O–H groups in total. The summed E-state index contributed by atoms with van der Waals surface area (Å²) in [6.45, 7) is 0.549. The number of benzene rings is 1. The molecule has 0 bridgehead atoms. The van der Waals surface area contributed by atoms with Gasteiger partial charge in [-0.3, -0.25) is 10.2 Å². The third-order valence-corrected chi connectivity index (χ3v) is 3.35. The van der Waals surface area contributed by atoms with Crippen molar-refractivity contribution >= 4 is 17.3 Å². The molecule has 1 aliphatic carbocycles. The Morgan fingerprint density at radius 1 is 1.16 bits per heavy atom. The lowest BCUT2D eigenvalue weighted by Gasteiger charge is -2.18. The molecule has 0 spiro atoms. The second-order valence-corrected chi connectivity index (χ2v) is 4.63. The number of anilines is 1. The summed E-state index contributed by atoms with van der Waals surface area (Å²) in [6, 6.07) is 7.49. The molecule has 0 atom stereocenters. The van der Waals surface area contributed by atoms with E-state index in [1.165, 1.54) is 5.57 Å². The number of amides is 1. The molecule has 94 valence electrons. The maximum atomic E-state index is 12.2. The number of hydrogen-bond donors (Lipinski definition) is 1. The van der Waals surface area contributed by atoms with Gasteiger partial charge in [-0.25, -0.2) is 0 Å². The van der Waals surface area contributed by atoms with E-state index in [2.05, 4.69) is 6.08 Å². The Labute approximate surface area is 112 Å². The zero-order chi connectivity index (χ0) is 13.2. The average Bonchev–Trinajstić information content (AvgIpc) is 2.65. The molecule has 3 rings (SSSR count). The van der Waals surface area contributed by atoms with Crippen molar-refractivity contribution in [2.75, 3.05) is 11.4 Å². The zero-order valence-corrected chi connectivity index (χ0v) is 10.5. The molecule has 3 nitrogen and oxygen atoms in total. The van der Waals surface area contributed by atoms with Crippen LogP contribution in [0.1, 0.15) is 12.0 Å². The van der Waals surface area contributed by atoms with Crippen LogP contribution in [0.2, 0.25) is 0 Å². The molecule has 0 radical (unpaired) electrons. The lowest BCUT2D eigenvalue weighted by molar-refractivity contribution is -0.112. The van der Waals surface area contributed by atoms with Crippen LogP contribution < -0.4 is 4.90 Å². The van der Waals surface area contributed by atoms with E-state index >= 15 is 0 Å². The van der Waals surface area contributed by atoms with E-state index in [4.69, 9.17) is 5.41 Å². The van der Waals surface area contributed by atoms with Crippen molar-refractivity contribution in [3.63, 3.8) is 0 Å². The number of para-hydroxylation sites is 1. The van der Waals surface area contributed by atoms with Crippen molar-refractivity contribution < 1.29 is 4.79 Å². The molecule has 1 aromatic rings. The molecule has 2 aliphatic rings. The minimum Gasteiger partial charge on any atom is -0.302 e. The Kier molecular flexibility index (Phi) is 2.88. The van der Waals surface area contributed by atoms with Crippen molar-refractivity contribution in [1.29, 1.82) is 5.41 Å². The van der Waals surface area contributed by atoms with Gasteiger partial charge in [0.25, 0.3) is 5.91 Å². The lowest BCUT2D eigenvalue weighted by Crippen LogP contribution is -2.31. The van der Waals surface area contributed by atoms with Crippen LogP contribution in [0, 0.1) is 5.41 Å². The third kappa shape index (κ3) is 2.03. The summed E-state index contributed by atoms with van der Waals surface area (Å²) in [5, 5.41) is 7.89. The first-order valence-corrected chi connectivity index (χ1v) is 6.28. The molecular formula is C16H14N2O. The maximum absolute atomic E-state index is 12.2. The largest absolute Gasteiger partial charge is 0.302 e. The first-order chi connectivity index (χ1) is 9.27. The van der Waals surface area contributed by atoms with Crippen LogP contribution in [0.25, 0.3) is 0 Å². The second-order valence-electron chi connectivity index (χ2n) is 4.63. The van der Waals surface area contributed by atoms with Crippen molar-refractivity contribution in [1.82, 2.24) is 0 Å². The molecule has 0 saturated heterocycles. The number of nitrogens with zero attached hydrogens (tertiary/aromatic N) is 1. The van der Waals surface area contributed by atoms with E-state index in [0.717, 1.165) is 17.7 Å². The number of rotatable bonds is 2. The first kappa shape index (κ1) is 11.7. The Hall–Kier alpha value is -2.42. The Morgan fingerprint density at radius 3 is 2.89 bits per heavy atom. The number of carbonyl (C=O) groups is 1. The summed E-state index contributed by atoms with van der Waals surface area (Å²) in [5.41, 5.74) is 2.84. The number of hydrogen-bond acceptors (Lipinski definition) is 2. The summed E-state index contributed by atoms with van der Waals surface area (Å²) >= 11 is 0. The fourth-order valence-corrected chi connectivity index (χ4v) is 2.38. The van der Waals surface area contributed by atoms with Gasteiger partial charge in [0.2, 0.25) is 0 Å². The van der Waals surface area contributed by atoms with Crippen LogP contribution in [0.15, 0.2) is 60.2 Å². The van der Waals surface area contributed by atoms with E-state index in [-0.39, 0.29) is 11.6 Å². The van der Waals surface area contributed by atoms with Crippen LogP contribution in [0.5, 0.6) is 0 Å². The van der Waals surface area contributed by atoms with Crippen molar-refractivity contribution in [3.05, 3.63) is 65.8 Å². The second kappa shape index (κ2) is 4.69. The highest BCUT2D eigenvalue weighted by Crippen LogP contribution is 2.29. The van der Waals surface area contributed by atoms with E-state index in [9.17, 15) is 4.79 Å². The van der Waals surface area contributed by atoms with Crippen molar-refractivity contribution in [3.8, 4) is 0 Å². The monoisotopic (exact) mass is 250 g/mol. The summed E-state index contributed by atoms with van der Waals surface area (Å²) in [4.78, 5) is 13.9. The highest BCUT2D eigenvalue weighted by molar-refractivity contribution is 6.53. The SMILES string of the molecule is N=C1C(=O)N(CC2=CC=CC=CC2)c2ccccc21. The summed E-state index contributed by atoms with van der Waals surface area (Å²) in [6.07, 6.45) is 10.9. The molecule has 1 amide bonds. The minimum atomic E-state index is -0.209. The Bertz CT molecular complexity index is 638. The van der Waals surface area contributed by atoms with Gasteiger partial charge >= 0.3 is 0 Å². The molecule has 1 heterocycles. The van der Waals surface area contributed by atoms with Crippen LogP contribution in [-0.2, 0) is 4.79 Å². The number of carbonyl (C=O) groups excluding carboxylic acids is 1. The van der Waals surface area contributed by atoms with Crippen molar-refractivity contribution in [2.24, 2.45) is 0 Å². The first-order valence-electron chi connectivity index (χ1n) is 6.28. The highest BCUT2D eigenvalue weighted by Gasteiger charge is 2.32. The fraction of sp³-hybridized carbons (Fsp3) is 0.125. The molecule has 1 aliphatic heterocycles. The zero-order valence-electron chi connectivity index (χ0n) is 10.5. The summed E-state index contributed by atoms with van der Waals surface area (Å²) in [5.74, 6) is -0.209. The normalized spacial score (nSPS) is 17.5. The minimum absolute atomic E-state index is 0.0934. The third-order valence-electron chi connectivity index (χ3n) is 3.35. The van der Waals surface area contributed by atoms with Crippen LogP contribution in [0.3, 0.4) is 0 Å². The number of allylic oxidation sites excluding steroid dienone is 5. The molecular weight excluding hydrogens is 236 g/mol. The van der Waals surface area contributed by atoms with Gasteiger partial charge < -0.3 is 4.90 Å². The van der Waals surface area contributed by atoms with E-state index < -0.39 is 0 Å².